The second-order valence-corrected chi connectivity index (χ2v) is 28.9. The normalized spacial score (nSPS) is 14.2. The fraction of sp³-hybridized carbons (Fsp3) is 0.867. The molecule has 0 aromatic heterocycles. The summed E-state index contributed by atoms with van der Waals surface area (Å²) in [6.45, 7) is 4.88. The van der Waals surface area contributed by atoms with E-state index in [0.717, 1.165) is 128 Å². The van der Waals surface area contributed by atoms with Gasteiger partial charge in [-0.2, -0.15) is 0 Å². The van der Waals surface area contributed by atoms with E-state index in [1.807, 2.05) is 0 Å². The maximum atomic E-state index is 13.1. The Balaban J connectivity index is 5.30. The van der Waals surface area contributed by atoms with Gasteiger partial charge in [0.2, 0.25) is 0 Å². The number of phosphoric ester groups is 2. The van der Waals surface area contributed by atoms with E-state index >= 15 is 0 Å². The fourth-order valence-corrected chi connectivity index (χ4v) is 12.3. The number of hydrogen-bond acceptors (Lipinski definition) is 15. The molecular formula is C75H140O17P2. The highest BCUT2D eigenvalue weighted by Crippen LogP contribution is 2.45. The molecule has 19 heteroatoms. The van der Waals surface area contributed by atoms with Crippen LogP contribution in [-0.2, 0) is 65.4 Å². The number of aliphatic hydroxyl groups excluding tert-OH is 1. The third kappa shape index (κ3) is 67.8. The van der Waals surface area contributed by atoms with Crippen LogP contribution in [0.1, 0.15) is 362 Å². The lowest BCUT2D eigenvalue weighted by molar-refractivity contribution is -0.161. The summed E-state index contributed by atoms with van der Waals surface area (Å²) in [5, 5.41) is 10.6. The quantitative estimate of drug-likeness (QED) is 0.0128. The zero-order chi connectivity index (χ0) is 69.0. The highest BCUT2D eigenvalue weighted by molar-refractivity contribution is 7.47. The Kier molecular flexibility index (Phi) is 66.8. The molecule has 0 aliphatic rings. The molecular weight excluding hydrogens is 1230 g/mol. The number of carbonyl (C=O) groups is 4. The van der Waals surface area contributed by atoms with Crippen molar-refractivity contribution < 1.29 is 80.2 Å². The summed E-state index contributed by atoms with van der Waals surface area (Å²) < 4.78 is 68.4. The van der Waals surface area contributed by atoms with Crippen LogP contribution < -0.4 is 0 Å². The van der Waals surface area contributed by atoms with Crippen LogP contribution >= 0.6 is 15.6 Å². The van der Waals surface area contributed by atoms with Crippen LogP contribution in [0.3, 0.4) is 0 Å². The van der Waals surface area contributed by atoms with Crippen LogP contribution in [0, 0.1) is 0 Å². The smallest absolute Gasteiger partial charge is 0.462 e. The van der Waals surface area contributed by atoms with Crippen LogP contribution in [0.25, 0.3) is 0 Å². The lowest BCUT2D eigenvalue weighted by atomic mass is 10.0. The van der Waals surface area contributed by atoms with E-state index in [-0.39, 0.29) is 25.7 Å². The van der Waals surface area contributed by atoms with Crippen molar-refractivity contribution in [1.29, 1.82) is 0 Å². The average molecular weight is 1380 g/mol. The third-order valence-corrected chi connectivity index (χ3v) is 18.5. The van der Waals surface area contributed by atoms with Crippen molar-refractivity contribution in [3.8, 4) is 0 Å². The van der Waals surface area contributed by atoms with Gasteiger partial charge < -0.3 is 33.8 Å². The van der Waals surface area contributed by atoms with E-state index in [1.165, 1.54) is 154 Å². The number of ether oxygens (including phenoxy) is 4. The Bertz CT molecular complexity index is 1930. The standard InChI is InChI=1S/C75H140O17P2/c1-5-9-13-17-21-25-29-33-34-38-40-44-48-52-56-60-73(78)86-66-71(92-75(80)62-58-54-50-46-42-37-32-28-24-20-16-12-8-4)68-90-94(83,84)88-64-69(76)63-87-93(81,82)89-67-70(91-74(79)61-57-53-49-45-41-36-31-27-23-19-15-11-7-3)65-85-72(77)59-55-51-47-43-39-35-30-26-22-18-14-10-6-2/h25-26,29-30,33-34,69-71,76H,5-24,27-28,31-32,35-68H2,1-4H3,(H,81,82)(H,83,84)/b29-25-,30-26-,34-33-/t69-,70-,71-/m1/s1. The number of aliphatic hydroxyl groups is 1. The van der Waals surface area contributed by atoms with E-state index in [0.29, 0.717) is 25.7 Å². The molecule has 552 valence electrons. The van der Waals surface area contributed by atoms with Gasteiger partial charge in [0.25, 0.3) is 0 Å². The van der Waals surface area contributed by atoms with Gasteiger partial charge >= 0.3 is 39.5 Å². The number of phosphoric acid groups is 2. The lowest BCUT2D eigenvalue weighted by Gasteiger charge is -2.21. The zero-order valence-electron chi connectivity index (χ0n) is 60.2. The van der Waals surface area contributed by atoms with E-state index in [2.05, 4.69) is 64.2 Å². The summed E-state index contributed by atoms with van der Waals surface area (Å²) in [4.78, 5) is 72.7. The molecule has 0 aliphatic heterocycles. The maximum Gasteiger partial charge on any atom is 0.472 e. The maximum absolute atomic E-state index is 13.1. The van der Waals surface area contributed by atoms with Crippen LogP contribution in [0.15, 0.2) is 36.5 Å². The van der Waals surface area contributed by atoms with Crippen molar-refractivity contribution in [1.82, 2.24) is 0 Å². The molecule has 17 nitrogen and oxygen atoms in total. The van der Waals surface area contributed by atoms with Crippen LogP contribution in [0.4, 0.5) is 0 Å². The number of rotatable bonds is 73. The van der Waals surface area contributed by atoms with E-state index in [1.54, 1.807) is 0 Å². The minimum absolute atomic E-state index is 0.1000. The number of carbonyl (C=O) groups excluding carboxylic acids is 4. The molecule has 0 saturated carbocycles. The van der Waals surface area contributed by atoms with E-state index in [9.17, 15) is 43.2 Å². The first kappa shape index (κ1) is 91.3. The fourth-order valence-electron chi connectivity index (χ4n) is 10.7. The molecule has 2 unspecified atom stereocenters. The SMILES string of the molecule is CCCCCC/C=C\C=C/CCCCCCCC(=O)OC[C@H](COP(=O)(O)OC[C@H](O)COP(=O)(O)OC[C@@H](COC(=O)CCCCCCC/C=C\CCCCCC)OC(=O)CCCCCCCCCCCCCCC)OC(=O)CCCCCCCCCCCCCCC. The van der Waals surface area contributed by atoms with Gasteiger partial charge in [-0.15, -0.1) is 0 Å². The highest BCUT2D eigenvalue weighted by Gasteiger charge is 2.30. The van der Waals surface area contributed by atoms with Gasteiger partial charge in [0.15, 0.2) is 12.2 Å². The molecule has 0 aliphatic carbocycles. The Morgan fingerprint density at radius 3 is 0.809 bits per heavy atom. The molecule has 0 radical (unpaired) electrons. The van der Waals surface area contributed by atoms with Crippen LogP contribution in [0.5, 0.6) is 0 Å². The van der Waals surface area contributed by atoms with Crippen LogP contribution in [0.2, 0.25) is 0 Å². The largest absolute Gasteiger partial charge is 0.472 e. The number of unbranched alkanes of at least 4 members (excludes halogenated alkanes) is 42. The van der Waals surface area contributed by atoms with Gasteiger partial charge in [0, 0.05) is 25.7 Å². The predicted molar refractivity (Wildman–Crippen MR) is 381 cm³/mol. The summed E-state index contributed by atoms with van der Waals surface area (Å²) in [6.07, 6.45) is 62.7. The topological polar surface area (TPSA) is 237 Å². The number of allylic oxidation sites excluding steroid dienone is 6. The minimum atomic E-state index is -4.96. The molecule has 0 bridgehead atoms. The number of hydrogen-bond donors (Lipinski definition) is 3. The second kappa shape index (κ2) is 68.8. The van der Waals surface area contributed by atoms with Crippen molar-refractivity contribution >= 4 is 39.5 Å². The zero-order valence-corrected chi connectivity index (χ0v) is 61.9. The molecule has 0 spiro atoms. The highest BCUT2D eigenvalue weighted by atomic mass is 31.2. The Morgan fingerprint density at radius 2 is 0.521 bits per heavy atom. The van der Waals surface area contributed by atoms with Gasteiger partial charge in [0.05, 0.1) is 26.4 Å². The first-order chi connectivity index (χ1) is 45.7. The first-order valence-corrected chi connectivity index (χ1v) is 41.2. The Labute approximate surface area is 573 Å². The molecule has 0 saturated heterocycles. The van der Waals surface area contributed by atoms with Crippen LogP contribution in [-0.4, -0.2) is 96.7 Å². The second-order valence-electron chi connectivity index (χ2n) is 26.0. The third-order valence-electron chi connectivity index (χ3n) is 16.6. The van der Waals surface area contributed by atoms with Crippen molar-refractivity contribution in [2.24, 2.45) is 0 Å². The van der Waals surface area contributed by atoms with Gasteiger partial charge in [-0.05, 0) is 77.0 Å². The van der Waals surface area contributed by atoms with Crippen molar-refractivity contribution in [2.45, 2.75) is 380 Å². The summed E-state index contributed by atoms with van der Waals surface area (Å²) in [5.74, 6) is -2.16. The molecule has 0 amide bonds. The molecule has 0 aromatic carbocycles. The number of esters is 4. The molecule has 0 aromatic rings. The first-order valence-electron chi connectivity index (χ1n) is 38.2. The average Bonchev–Trinajstić information content (AvgIpc) is 1.67. The molecule has 0 heterocycles. The van der Waals surface area contributed by atoms with Gasteiger partial charge in [-0.1, -0.05) is 295 Å². The molecule has 94 heavy (non-hydrogen) atoms. The lowest BCUT2D eigenvalue weighted by Crippen LogP contribution is -2.30. The monoisotopic (exact) mass is 1370 g/mol. The van der Waals surface area contributed by atoms with Gasteiger partial charge in [-0.3, -0.25) is 37.3 Å². The van der Waals surface area contributed by atoms with Crippen molar-refractivity contribution in [3.05, 3.63) is 36.5 Å². The molecule has 5 atom stereocenters. The van der Waals surface area contributed by atoms with Gasteiger partial charge in [-0.25, -0.2) is 9.13 Å². The van der Waals surface area contributed by atoms with Gasteiger partial charge in [0.1, 0.15) is 19.3 Å². The summed E-state index contributed by atoms with van der Waals surface area (Å²) in [6, 6.07) is 0. The minimum Gasteiger partial charge on any atom is -0.462 e. The molecule has 3 N–H and O–H groups in total. The Morgan fingerprint density at radius 1 is 0.298 bits per heavy atom. The summed E-state index contributed by atoms with van der Waals surface area (Å²) >= 11 is 0. The van der Waals surface area contributed by atoms with E-state index in [4.69, 9.17) is 37.0 Å². The summed E-state index contributed by atoms with van der Waals surface area (Å²) in [5.41, 5.74) is 0. The molecule has 0 fully saturated rings. The summed E-state index contributed by atoms with van der Waals surface area (Å²) in [7, 11) is -9.92. The van der Waals surface area contributed by atoms with Crippen molar-refractivity contribution in [2.75, 3.05) is 39.6 Å². The van der Waals surface area contributed by atoms with E-state index < -0.39 is 97.5 Å². The molecule has 0 rings (SSSR count). The predicted octanol–water partition coefficient (Wildman–Crippen LogP) is 21.6. The Hall–Kier alpha value is -2.72. The van der Waals surface area contributed by atoms with Crippen molar-refractivity contribution in [3.63, 3.8) is 0 Å².